The minimum atomic E-state index is -3.45. The molecule has 0 heterocycles. The molecule has 0 saturated heterocycles. The molecule has 0 bridgehead atoms. The number of benzene rings is 2. The fourth-order valence-corrected chi connectivity index (χ4v) is 2.77. The minimum Gasteiger partial charge on any atom is -0.321 e. The molecule has 2 rings (SSSR count). The smallest absolute Gasteiger partial charge is 0.257 e. The number of nitrogens with zero attached hydrogens (tertiary/aromatic N) is 1. The molecule has 0 aliphatic heterocycles. The van der Waals surface area contributed by atoms with Crippen LogP contribution in [0.25, 0.3) is 0 Å². The summed E-state index contributed by atoms with van der Waals surface area (Å²) in [7, 11) is -2.03. The number of hydrogen-bond donors (Lipinski definition) is 1. The molecule has 22 heavy (non-hydrogen) atoms. The lowest BCUT2D eigenvalue weighted by Gasteiger charge is -2.20. The van der Waals surface area contributed by atoms with Crippen LogP contribution in [0.15, 0.2) is 53.0 Å². The monoisotopic (exact) mass is 382 g/mol. The van der Waals surface area contributed by atoms with E-state index >= 15 is 0 Å². The fraction of sp³-hybridized carbons (Fsp3) is 0.133. The Hall–Kier alpha value is -1.86. The highest BCUT2D eigenvalue weighted by molar-refractivity contribution is 9.10. The molecule has 0 radical (unpaired) electrons. The molecule has 1 amide bonds. The minimum absolute atomic E-state index is 0.283. The van der Waals surface area contributed by atoms with Gasteiger partial charge >= 0.3 is 0 Å². The van der Waals surface area contributed by atoms with Crippen LogP contribution < -0.4 is 9.62 Å². The quantitative estimate of drug-likeness (QED) is 0.883. The number of hydrogen-bond acceptors (Lipinski definition) is 3. The molecule has 0 atom stereocenters. The van der Waals surface area contributed by atoms with E-state index in [1.54, 1.807) is 36.4 Å². The van der Waals surface area contributed by atoms with Gasteiger partial charge in [0.15, 0.2) is 0 Å². The van der Waals surface area contributed by atoms with Crippen LogP contribution in [0.2, 0.25) is 0 Å². The van der Waals surface area contributed by atoms with Crippen molar-refractivity contribution in [1.82, 2.24) is 0 Å². The summed E-state index contributed by atoms with van der Waals surface area (Å²) in [5.74, 6) is -0.377. The molecule has 1 N–H and O–H groups in total. The van der Waals surface area contributed by atoms with Gasteiger partial charge in [-0.15, -0.1) is 0 Å². The molecule has 2 aromatic carbocycles. The number of carbonyl (C=O) groups is 1. The molecular formula is C15H15BrN2O3S. The SMILES string of the molecule is CN(c1ccccc1C(=O)Nc1ccccc1Br)S(C)(=O)=O. The van der Waals surface area contributed by atoms with E-state index in [1.165, 1.54) is 7.05 Å². The molecule has 2 aromatic rings. The summed E-state index contributed by atoms with van der Waals surface area (Å²) >= 11 is 3.36. The summed E-state index contributed by atoms with van der Waals surface area (Å²) in [6.07, 6.45) is 1.09. The summed E-state index contributed by atoms with van der Waals surface area (Å²) < 4.78 is 25.2. The molecule has 7 heteroatoms. The molecule has 0 aliphatic carbocycles. The van der Waals surface area contributed by atoms with E-state index in [4.69, 9.17) is 0 Å². The van der Waals surface area contributed by atoms with Crippen molar-refractivity contribution in [3.63, 3.8) is 0 Å². The number of halogens is 1. The Morgan fingerprint density at radius 3 is 2.32 bits per heavy atom. The predicted molar refractivity (Wildman–Crippen MR) is 91.8 cm³/mol. The Morgan fingerprint density at radius 1 is 1.09 bits per heavy atom. The lowest BCUT2D eigenvalue weighted by molar-refractivity contribution is 0.102. The zero-order valence-corrected chi connectivity index (χ0v) is 14.5. The highest BCUT2D eigenvalue weighted by Crippen LogP contribution is 2.25. The van der Waals surface area contributed by atoms with Gasteiger partial charge in [0.1, 0.15) is 0 Å². The van der Waals surface area contributed by atoms with Gasteiger partial charge in [-0.05, 0) is 40.2 Å². The molecule has 0 unspecified atom stereocenters. The summed E-state index contributed by atoms with van der Waals surface area (Å²) in [6, 6.07) is 13.8. The average Bonchev–Trinajstić information content (AvgIpc) is 2.48. The summed E-state index contributed by atoms with van der Waals surface area (Å²) in [5.41, 5.74) is 1.23. The molecule has 0 aliphatic rings. The van der Waals surface area contributed by atoms with Crippen molar-refractivity contribution in [3.05, 3.63) is 58.6 Å². The third-order valence-electron chi connectivity index (χ3n) is 3.11. The van der Waals surface area contributed by atoms with E-state index in [0.717, 1.165) is 15.0 Å². The normalized spacial score (nSPS) is 11.0. The van der Waals surface area contributed by atoms with Crippen molar-refractivity contribution in [1.29, 1.82) is 0 Å². The molecule has 116 valence electrons. The Morgan fingerprint density at radius 2 is 1.68 bits per heavy atom. The zero-order valence-electron chi connectivity index (χ0n) is 12.1. The molecule has 5 nitrogen and oxygen atoms in total. The number of rotatable bonds is 4. The van der Waals surface area contributed by atoms with Gasteiger partial charge in [0.25, 0.3) is 5.91 Å². The number of sulfonamides is 1. The van der Waals surface area contributed by atoms with Crippen LogP contribution in [0.4, 0.5) is 11.4 Å². The van der Waals surface area contributed by atoms with Crippen molar-refractivity contribution in [2.45, 2.75) is 0 Å². The number of anilines is 2. The Kier molecular flexibility index (Phi) is 4.87. The lowest BCUT2D eigenvalue weighted by Crippen LogP contribution is -2.27. The Balaban J connectivity index is 2.37. The van der Waals surface area contributed by atoms with Gasteiger partial charge in [-0.25, -0.2) is 8.42 Å². The van der Waals surface area contributed by atoms with Gasteiger partial charge in [0, 0.05) is 11.5 Å². The van der Waals surface area contributed by atoms with Gasteiger partial charge in [-0.3, -0.25) is 9.10 Å². The van der Waals surface area contributed by atoms with E-state index in [-0.39, 0.29) is 11.5 Å². The molecule has 0 spiro atoms. The first-order chi connectivity index (χ1) is 10.3. The van der Waals surface area contributed by atoms with E-state index in [1.807, 2.05) is 12.1 Å². The van der Waals surface area contributed by atoms with Crippen molar-refractivity contribution in [3.8, 4) is 0 Å². The van der Waals surface area contributed by atoms with Crippen LogP contribution in [-0.2, 0) is 10.0 Å². The second-order valence-electron chi connectivity index (χ2n) is 4.68. The number of amides is 1. The fourth-order valence-electron chi connectivity index (χ4n) is 1.87. The van der Waals surface area contributed by atoms with Crippen molar-refractivity contribution in [2.75, 3.05) is 22.9 Å². The van der Waals surface area contributed by atoms with Crippen molar-refractivity contribution in [2.24, 2.45) is 0 Å². The highest BCUT2D eigenvalue weighted by Gasteiger charge is 2.19. The summed E-state index contributed by atoms with van der Waals surface area (Å²) in [5, 5.41) is 2.77. The van der Waals surface area contributed by atoms with Crippen LogP contribution in [0.5, 0.6) is 0 Å². The van der Waals surface area contributed by atoms with Crippen LogP contribution in [0.1, 0.15) is 10.4 Å². The van der Waals surface area contributed by atoms with E-state index in [0.29, 0.717) is 11.4 Å². The topological polar surface area (TPSA) is 66.5 Å². The van der Waals surface area contributed by atoms with Crippen molar-refractivity contribution >= 4 is 43.2 Å². The first-order valence-electron chi connectivity index (χ1n) is 6.39. The van der Waals surface area contributed by atoms with Gasteiger partial charge < -0.3 is 5.32 Å². The lowest BCUT2D eigenvalue weighted by atomic mass is 10.1. The average molecular weight is 383 g/mol. The summed E-state index contributed by atoms with van der Waals surface area (Å²) in [6.45, 7) is 0. The first kappa shape index (κ1) is 16.5. The number of para-hydroxylation sites is 2. The maximum absolute atomic E-state index is 12.5. The standard InChI is InChI=1S/C15H15BrN2O3S/c1-18(22(2,20)21)14-10-6-3-7-11(14)15(19)17-13-9-5-4-8-12(13)16/h3-10H,1-2H3,(H,17,19). The van der Waals surface area contributed by atoms with Crippen LogP contribution >= 0.6 is 15.9 Å². The molecule has 0 fully saturated rings. The third-order valence-corrected chi connectivity index (χ3v) is 4.99. The molecule has 0 aromatic heterocycles. The Labute approximate surface area is 138 Å². The second-order valence-corrected chi connectivity index (χ2v) is 7.55. The zero-order chi connectivity index (χ0) is 16.3. The second kappa shape index (κ2) is 6.50. The van der Waals surface area contributed by atoms with E-state index < -0.39 is 10.0 Å². The van der Waals surface area contributed by atoms with Crippen LogP contribution in [-0.4, -0.2) is 27.6 Å². The third kappa shape index (κ3) is 3.66. The largest absolute Gasteiger partial charge is 0.321 e. The van der Waals surface area contributed by atoms with Gasteiger partial charge in [0.2, 0.25) is 10.0 Å². The number of carbonyl (C=O) groups excluding carboxylic acids is 1. The van der Waals surface area contributed by atoms with E-state index in [9.17, 15) is 13.2 Å². The number of nitrogens with one attached hydrogen (secondary N) is 1. The Bertz CT molecular complexity index is 806. The van der Waals surface area contributed by atoms with Gasteiger partial charge in [-0.2, -0.15) is 0 Å². The van der Waals surface area contributed by atoms with E-state index in [2.05, 4.69) is 21.2 Å². The first-order valence-corrected chi connectivity index (χ1v) is 9.03. The van der Waals surface area contributed by atoms with Gasteiger partial charge in [-0.1, -0.05) is 24.3 Å². The summed E-state index contributed by atoms with van der Waals surface area (Å²) in [4.78, 5) is 12.5. The predicted octanol–water partition coefficient (Wildman–Crippen LogP) is 3.10. The maximum Gasteiger partial charge on any atom is 0.257 e. The van der Waals surface area contributed by atoms with Gasteiger partial charge in [0.05, 0.1) is 23.2 Å². The molecule has 0 saturated carbocycles. The van der Waals surface area contributed by atoms with Crippen molar-refractivity contribution < 1.29 is 13.2 Å². The highest BCUT2D eigenvalue weighted by atomic mass is 79.9. The maximum atomic E-state index is 12.5. The van der Waals surface area contributed by atoms with Crippen LogP contribution in [0.3, 0.4) is 0 Å². The molecular weight excluding hydrogens is 368 g/mol. The van der Waals surface area contributed by atoms with Crippen LogP contribution in [0, 0.1) is 0 Å².